The van der Waals surface area contributed by atoms with Gasteiger partial charge in [-0.2, -0.15) is 4.98 Å². The summed E-state index contributed by atoms with van der Waals surface area (Å²) >= 11 is 3.00. The summed E-state index contributed by atoms with van der Waals surface area (Å²) in [5.74, 6) is -0.992. The largest absolute Gasteiger partial charge is 0.574 e. The zero-order valence-corrected chi connectivity index (χ0v) is 9.02. The molecular formula is C7H6BrF3N2O2. The Balaban J connectivity index is 3.11. The molecule has 0 fully saturated rings. The number of anilines is 1. The van der Waals surface area contributed by atoms with Crippen LogP contribution in [0.1, 0.15) is 0 Å². The van der Waals surface area contributed by atoms with Crippen LogP contribution < -0.4 is 15.2 Å². The minimum Gasteiger partial charge on any atom is -0.491 e. The number of pyridine rings is 1. The van der Waals surface area contributed by atoms with Gasteiger partial charge in [0.2, 0.25) is 0 Å². The van der Waals surface area contributed by atoms with Gasteiger partial charge in [0.15, 0.2) is 5.75 Å². The number of hydrogen-bond acceptors (Lipinski definition) is 4. The highest BCUT2D eigenvalue weighted by molar-refractivity contribution is 9.10. The van der Waals surface area contributed by atoms with Crippen LogP contribution in [0.15, 0.2) is 10.5 Å². The summed E-state index contributed by atoms with van der Waals surface area (Å²) in [6.45, 7) is 0. The van der Waals surface area contributed by atoms with Gasteiger partial charge in [-0.1, -0.05) is 0 Å². The van der Waals surface area contributed by atoms with Gasteiger partial charge >= 0.3 is 6.36 Å². The Morgan fingerprint density at radius 1 is 1.47 bits per heavy atom. The third kappa shape index (κ3) is 3.15. The molecule has 8 heteroatoms. The van der Waals surface area contributed by atoms with Gasteiger partial charge in [-0.25, -0.2) is 0 Å². The molecule has 1 rings (SSSR count). The zero-order valence-electron chi connectivity index (χ0n) is 7.43. The molecule has 1 heterocycles. The minimum atomic E-state index is -4.83. The van der Waals surface area contributed by atoms with Crippen LogP contribution in [0, 0.1) is 0 Å². The van der Waals surface area contributed by atoms with Crippen molar-refractivity contribution in [1.29, 1.82) is 0 Å². The number of nitrogens with zero attached hydrogens (tertiary/aromatic N) is 1. The predicted octanol–water partition coefficient (Wildman–Crippen LogP) is 2.33. The smallest absolute Gasteiger partial charge is 0.491 e. The molecule has 0 amide bonds. The van der Waals surface area contributed by atoms with Crippen LogP contribution in [0.4, 0.5) is 19.0 Å². The summed E-state index contributed by atoms with van der Waals surface area (Å²) in [6, 6.07) is 1.24. The van der Waals surface area contributed by atoms with E-state index in [1.807, 2.05) is 0 Å². The third-order valence-electron chi connectivity index (χ3n) is 1.37. The van der Waals surface area contributed by atoms with Gasteiger partial charge in [0.1, 0.15) is 5.82 Å². The number of aromatic nitrogens is 1. The lowest BCUT2D eigenvalue weighted by atomic mass is 10.4. The molecule has 0 bridgehead atoms. The molecule has 0 spiro atoms. The van der Waals surface area contributed by atoms with Crippen LogP contribution in [0.5, 0.6) is 11.6 Å². The number of rotatable bonds is 2. The maximum Gasteiger partial charge on any atom is 0.574 e. The SMILES string of the molecule is COc1cc(Br)c(N)nc1OC(F)(F)F. The van der Waals surface area contributed by atoms with Crippen molar-refractivity contribution >= 4 is 21.7 Å². The molecular weight excluding hydrogens is 281 g/mol. The molecule has 0 saturated heterocycles. The lowest BCUT2D eigenvalue weighted by Gasteiger charge is -2.12. The van der Waals surface area contributed by atoms with Crippen LogP contribution in [0.25, 0.3) is 0 Å². The van der Waals surface area contributed by atoms with Gasteiger partial charge < -0.3 is 15.2 Å². The first kappa shape index (κ1) is 11.9. The Morgan fingerprint density at radius 2 is 2.07 bits per heavy atom. The molecule has 2 N–H and O–H groups in total. The van der Waals surface area contributed by atoms with Crippen molar-refractivity contribution in [3.8, 4) is 11.6 Å². The third-order valence-corrected chi connectivity index (χ3v) is 2.00. The molecule has 0 unspecified atom stereocenters. The van der Waals surface area contributed by atoms with Gasteiger partial charge in [0, 0.05) is 6.07 Å². The highest BCUT2D eigenvalue weighted by atomic mass is 79.9. The van der Waals surface area contributed by atoms with Gasteiger partial charge in [-0.05, 0) is 15.9 Å². The van der Waals surface area contributed by atoms with Crippen molar-refractivity contribution < 1.29 is 22.6 Å². The van der Waals surface area contributed by atoms with Gasteiger partial charge in [-0.3, -0.25) is 0 Å². The average Bonchev–Trinajstić information content (AvgIpc) is 2.08. The summed E-state index contributed by atoms with van der Waals surface area (Å²) < 4.78 is 44.4. The summed E-state index contributed by atoms with van der Waals surface area (Å²) in [5, 5.41) is 0. The first-order chi connectivity index (χ1) is 6.83. The number of methoxy groups -OCH3 is 1. The predicted molar refractivity (Wildman–Crippen MR) is 49.6 cm³/mol. The molecule has 0 aromatic carbocycles. The first-order valence-corrected chi connectivity index (χ1v) is 4.38. The van der Waals surface area contributed by atoms with E-state index < -0.39 is 12.2 Å². The normalized spacial score (nSPS) is 11.3. The van der Waals surface area contributed by atoms with E-state index in [1.54, 1.807) is 0 Å². The lowest BCUT2D eigenvalue weighted by Crippen LogP contribution is -2.18. The second-order valence-electron chi connectivity index (χ2n) is 2.41. The lowest BCUT2D eigenvalue weighted by molar-refractivity contribution is -0.276. The summed E-state index contributed by atoms with van der Waals surface area (Å²) in [4.78, 5) is 3.39. The first-order valence-electron chi connectivity index (χ1n) is 3.59. The van der Waals surface area contributed by atoms with Crippen LogP contribution in [-0.2, 0) is 0 Å². The second kappa shape index (κ2) is 4.13. The molecule has 4 nitrogen and oxygen atoms in total. The van der Waals surface area contributed by atoms with Crippen molar-refractivity contribution in [3.05, 3.63) is 10.5 Å². The van der Waals surface area contributed by atoms with Crippen LogP contribution >= 0.6 is 15.9 Å². The van der Waals surface area contributed by atoms with Crippen LogP contribution in [0.3, 0.4) is 0 Å². The molecule has 0 radical (unpaired) electrons. The maximum absolute atomic E-state index is 11.9. The monoisotopic (exact) mass is 286 g/mol. The van der Waals surface area contributed by atoms with Crippen molar-refractivity contribution in [2.45, 2.75) is 6.36 Å². The van der Waals surface area contributed by atoms with Gasteiger partial charge in [0.25, 0.3) is 5.88 Å². The topological polar surface area (TPSA) is 57.4 Å². The minimum absolute atomic E-state index is 0.116. The fourth-order valence-corrected chi connectivity index (χ4v) is 1.09. The molecule has 1 aromatic rings. The number of hydrogen-bond donors (Lipinski definition) is 1. The summed E-state index contributed by atoms with van der Waals surface area (Å²) in [6.07, 6.45) is -4.83. The average molecular weight is 287 g/mol. The Morgan fingerprint density at radius 3 is 2.53 bits per heavy atom. The number of nitrogen functional groups attached to an aromatic ring is 1. The molecule has 0 aliphatic rings. The van der Waals surface area contributed by atoms with Gasteiger partial charge in [0.05, 0.1) is 11.6 Å². The Bertz CT molecular complexity index is 370. The molecule has 1 aromatic heterocycles. The molecule has 0 aliphatic carbocycles. The highest BCUT2D eigenvalue weighted by Gasteiger charge is 2.33. The number of halogens is 4. The summed E-state index contributed by atoms with van der Waals surface area (Å²) in [7, 11) is 1.20. The van der Waals surface area contributed by atoms with Crippen LogP contribution in [0.2, 0.25) is 0 Å². The quantitative estimate of drug-likeness (QED) is 0.907. The summed E-state index contributed by atoms with van der Waals surface area (Å²) in [5.41, 5.74) is 5.30. The highest BCUT2D eigenvalue weighted by Crippen LogP contribution is 2.34. The van der Waals surface area contributed by atoms with Gasteiger partial charge in [-0.15, -0.1) is 13.2 Å². The Kier molecular flexibility index (Phi) is 3.28. The number of alkyl halides is 3. The van der Waals surface area contributed by atoms with E-state index in [2.05, 4.69) is 30.4 Å². The van der Waals surface area contributed by atoms with Crippen LogP contribution in [-0.4, -0.2) is 18.5 Å². The van der Waals surface area contributed by atoms with E-state index in [1.165, 1.54) is 13.2 Å². The van der Waals surface area contributed by atoms with E-state index in [4.69, 9.17) is 5.73 Å². The van der Waals surface area contributed by atoms with E-state index >= 15 is 0 Å². The molecule has 84 valence electrons. The molecule has 0 atom stereocenters. The molecule has 0 aliphatic heterocycles. The maximum atomic E-state index is 11.9. The molecule has 15 heavy (non-hydrogen) atoms. The Labute approximate surface area is 91.3 Å². The second-order valence-corrected chi connectivity index (χ2v) is 3.26. The standard InChI is InChI=1S/C7H6BrF3N2O2/c1-14-4-2-3(8)5(12)13-6(4)15-7(9,10)11/h2H,1H3,(H2,12,13). The Hall–Kier alpha value is -1.18. The van der Waals surface area contributed by atoms with E-state index in [9.17, 15) is 13.2 Å². The van der Waals surface area contributed by atoms with E-state index in [-0.39, 0.29) is 11.6 Å². The number of nitrogens with two attached hydrogens (primary N) is 1. The zero-order chi connectivity index (χ0) is 11.6. The van der Waals surface area contributed by atoms with Crippen molar-refractivity contribution in [1.82, 2.24) is 4.98 Å². The number of ether oxygens (including phenoxy) is 2. The van der Waals surface area contributed by atoms with Crippen molar-refractivity contribution in [2.75, 3.05) is 12.8 Å². The van der Waals surface area contributed by atoms with E-state index in [0.717, 1.165) is 0 Å². The fourth-order valence-electron chi connectivity index (χ4n) is 0.798. The van der Waals surface area contributed by atoms with Crippen molar-refractivity contribution in [3.63, 3.8) is 0 Å². The van der Waals surface area contributed by atoms with Crippen molar-refractivity contribution in [2.24, 2.45) is 0 Å². The fraction of sp³-hybridized carbons (Fsp3) is 0.286. The molecule has 0 saturated carbocycles. The van der Waals surface area contributed by atoms with E-state index in [0.29, 0.717) is 4.47 Å².